The second kappa shape index (κ2) is 8.41. The fourth-order valence-electron chi connectivity index (χ4n) is 3.43. The lowest BCUT2D eigenvalue weighted by molar-refractivity contribution is 0.102. The average Bonchev–Trinajstić information content (AvgIpc) is 2.75. The van der Waals surface area contributed by atoms with Crippen LogP contribution in [0.25, 0.3) is 11.3 Å². The van der Waals surface area contributed by atoms with E-state index in [0.29, 0.717) is 5.56 Å². The van der Waals surface area contributed by atoms with Crippen LogP contribution in [-0.4, -0.2) is 54.2 Å². The largest absolute Gasteiger partial charge is 0.353 e. The fourth-order valence-corrected chi connectivity index (χ4v) is 3.43. The van der Waals surface area contributed by atoms with Crippen LogP contribution in [0.1, 0.15) is 15.9 Å². The number of nitrogens with one attached hydrogen (secondary N) is 1. The predicted octanol–water partition coefficient (Wildman–Crippen LogP) is 3.46. The van der Waals surface area contributed by atoms with Crippen LogP contribution in [0.4, 0.5) is 11.5 Å². The van der Waals surface area contributed by atoms with Gasteiger partial charge in [-0.1, -0.05) is 30.3 Å². The second-order valence-corrected chi connectivity index (χ2v) is 7.41. The number of carbonyl (C=O) groups excluding carboxylic acids is 1. The number of likely N-dealkylation sites (N-methyl/N-ethyl adjacent to an activating group) is 1. The smallest absolute Gasteiger partial charge is 0.255 e. The lowest BCUT2D eigenvalue weighted by atomic mass is 10.1. The van der Waals surface area contributed by atoms with Gasteiger partial charge in [0.1, 0.15) is 0 Å². The van der Waals surface area contributed by atoms with Gasteiger partial charge in [-0.15, -0.1) is 10.2 Å². The number of anilines is 2. The first-order chi connectivity index (χ1) is 14.1. The third-order valence-electron chi connectivity index (χ3n) is 5.31. The molecule has 0 bridgehead atoms. The molecule has 0 saturated carbocycles. The third-order valence-corrected chi connectivity index (χ3v) is 5.31. The molecule has 3 aromatic rings. The number of aryl methyl sites for hydroxylation is 1. The van der Waals surface area contributed by atoms with E-state index in [-0.39, 0.29) is 5.91 Å². The van der Waals surface area contributed by atoms with Crippen molar-refractivity contribution < 1.29 is 4.79 Å². The molecule has 1 aliphatic rings. The zero-order valence-electron chi connectivity index (χ0n) is 16.8. The Bertz CT molecular complexity index is 977. The Balaban J connectivity index is 1.42. The van der Waals surface area contributed by atoms with Gasteiger partial charge in [-0.3, -0.25) is 4.79 Å². The summed E-state index contributed by atoms with van der Waals surface area (Å²) in [6.07, 6.45) is 0. The maximum absolute atomic E-state index is 12.5. The number of amides is 1. The molecule has 0 spiro atoms. The Morgan fingerprint density at radius 3 is 2.28 bits per heavy atom. The van der Waals surface area contributed by atoms with Gasteiger partial charge in [0.2, 0.25) is 0 Å². The molecule has 1 fully saturated rings. The molecule has 1 saturated heterocycles. The van der Waals surface area contributed by atoms with Crippen LogP contribution < -0.4 is 10.2 Å². The molecule has 0 atom stereocenters. The summed E-state index contributed by atoms with van der Waals surface area (Å²) in [6.45, 7) is 5.96. The van der Waals surface area contributed by atoms with Crippen molar-refractivity contribution in [1.82, 2.24) is 15.1 Å². The lowest BCUT2D eigenvalue weighted by Gasteiger charge is -2.32. The number of carbonyl (C=O) groups is 1. The van der Waals surface area contributed by atoms with Crippen molar-refractivity contribution in [3.63, 3.8) is 0 Å². The van der Waals surface area contributed by atoms with Crippen LogP contribution >= 0.6 is 0 Å². The normalized spacial score (nSPS) is 14.6. The summed E-state index contributed by atoms with van der Waals surface area (Å²) in [5, 5.41) is 11.8. The SMILES string of the molecule is Cc1ccccc1C(=O)Nc1ccc(-c2ccc(N3CCN(C)CC3)nn2)cc1. The minimum atomic E-state index is -0.104. The monoisotopic (exact) mass is 387 g/mol. The van der Waals surface area contributed by atoms with E-state index in [1.54, 1.807) is 0 Å². The topological polar surface area (TPSA) is 61.4 Å². The highest BCUT2D eigenvalue weighted by Gasteiger charge is 2.15. The van der Waals surface area contributed by atoms with Crippen LogP contribution in [0.2, 0.25) is 0 Å². The van der Waals surface area contributed by atoms with E-state index in [1.165, 1.54) is 0 Å². The predicted molar refractivity (Wildman–Crippen MR) is 116 cm³/mol. The number of aromatic nitrogens is 2. The Hall–Kier alpha value is -3.25. The number of hydrogen-bond donors (Lipinski definition) is 1. The van der Waals surface area contributed by atoms with Crippen LogP contribution in [0.5, 0.6) is 0 Å². The highest BCUT2D eigenvalue weighted by molar-refractivity contribution is 6.05. The van der Waals surface area contributed by atoms with Crippen molar-refractivity contribution in [2.75, 3.05) is 43.4 Å². The van der Waals surface area contributed by atoms with Crippen molar-refractivity contribution in [2.24, 2.45) is 0 Å². The molecule has 0 unspecified atom stereocenters. The van der Waals surface area contributed by atoms with Crippen molar-refractivity contribution in [3.05, 3.63) is 71.8 Å². The number of hydrogen-bond acceptors (Lipinski definition) is 5. The molecule has 0 aliphatic carbocycles. The molecule has 2 heterocycles. The number of benzene rings is 2. The van der Waals surface area contributed by atoms with E-state index in [4.69, 9.17) is 0 Å². The highest BCUT2D eigenvalue weighted by atomic mass is 16.1. The van der Waals surface area contributed by atoms with E-state index in [2.05, 4.69) is 32.4 Å². The zero-order chi connectivity index (χ0) is 20.2. The molecule has 2 aromatic carbocycles. The van der Waals surface area contributed by atoms with Gasteiger partial charge in [0.25, 0.3) is 5.91 Å². The quantitative estimate of drug-likeness (QED) is 0.743. The maximum Gasteiger partial charge on any atom is 0.255 e. The minimum absolute atomic E-state index is 0.104. The van der Waals surface area contributed by atoms with Gasteiger partial charge < -0.3 is 15.1 Å². The van der Waals surface area contributed by atoms with Crippen molar-refractivity contribution in [2.45, 2.75) is 6.92 Å². The molecule has 4 rings (SSSR count). The van der Waals surface area contributed by atoms with Crippen molar-refractivity contribution in [1.29, 1.82) is 0 Å². The Labute approximate surface area is 171 Å². The van der Waals surface area contributed by atoms with Gasteiger partial charge in [-0.25, -0.2) is 0 Å². The number of nitrogens with zero attached hydrogens (tertiary/aromatic N) is 4. The summed E-state index contributed by atoms with van der Waals surface area (Å²) in [7, 11) is 2.14. The maximum atomic E-state index is 12.5. The second-order valence-electron chi connectivity index (χ2n) is 7.41. The Kier molecular flexibility index (Phi) is 5.53. The number of rotatable bonds is 4. The van der Waals surface area contributed by atoms with Crippen molar-refractivity contribution >= 4 is 17.4 Å². The van der Waals surface area contributed by atoms with Gasteiger partial charge in [-0.2, -0.15) is 0 Å². The van der Waals surface area contributed by atoms with Crippen LogP contribution in [-0.2, 0) is 0 Å². The van der Waals surface area contributed by atoms with E-state index in [1.807, 2.05) is 67.6 Å². The fraction of sp³-hybridized carbons (Fsp3) is 0.261. The Morgan fingerprint density at radius 2 is 1.62 bits per heavy atom. The van der Waals surface area contributed by atoms with Gasteiger partial charge in [-0.05, 0) is 49.9 Å². The molecule has 29 heavy (non-hydrogen) atoms. The highest BCUT2D eigenvalue weighted by Crippen LogP contribution is 2.22. The first kappa shape index (κ1) is 19.1. The Morgan fingerprint density at radius 1 is 0.897 bits per heavy atom. The van der Waals surface area contributed by atoms with Crippen LogP contribution in [0.3, 0.4) is 0 Å². The van der Waals surface area contributed by atoms with E-state index >= 15 is 0 Å². The molecule has 1 N–H and O–H groups in total. The first-order valence-electron chi connectivity index (χ1n) is 9.85. The summed E-state index contributed by atoms with van der Waals surface area (Å²) >= 11 is 0. The molecule has 1 aliphatic heterocycles. The lowest BCUT2D eigenvalue weighted by Crippen LogP contribution is -2.44. The molecular formula is C23H25N5O. The average molecular weight is 387 g/mol. The standard InChI is InChI=1S/C23H25N5O/c1-17-5-3-4-6-20(17)23(29)24-19-9-7-18(8-10-19)21-11-12-22(26-25-21)28-15-13-27(2)14-16-28/h3-12H,13-16H2,1-2H3,(H,24,29). The summed E-state index contributed by atoms with van der Waals surface area (Å²) in [6, 6.07) is 19.3. The summed E-state index contributed by atoms with van der Waals surface area (Å²) in [4.78, 5) is 17.0. The molecule has 1 aromatic heterocycles. The van der Waals surface area contributed by atoms with Crippen LogP contribution in [0.15, 0.2) is 60.7 Å². The molecule has 6 nitrogen and oxygen atoms in total. The van der Waals surface area contributed by atoms with Gasteiger partial charge >= 0.3 is 0 Å². The molecule has 6 heteroatoms. The van der Waals surface area contributed by atoms with Crippen molar-refractivity contribution in [3.8, 4) is 11.3 Å². The van der Waals surface area contributed by atoms with Crippen LogP contribution in [0, 0.1) is 6.92 Å². The minimum Gasteiger partial charge on any atom is -0.353 e. The number of piperazine rings is 1. The zero-order valence-corrected chi connectivity index (χ0v) is 16.8. The molecule has 0 radical (unpaired) electrons. The molecule has 148 valence electrons. The van der Waals surface area contributed by atoms with E-state index in [9.17, 15) is 4.79 Å². The summed E-state index contributed by atoms with van der Waals surface area (Å²) < 4.78 is 0. The van der Waals surface area contributed by atoms with Gasteiger partial charge in [0, 0.05) is 43.0 Å². The van der Waals surface area contributed by atoms with Gasteiger partial charge in [0.15, 0.2) is 5.82 Å². The summed E-state index contributed by atoms with van der Waals surface area (Å²) in [5.74, 6) is 0.816. The summed E-state index contributed by atoms with van der Waals surface area (Å²) in [5.41, 5.74) is 4.18. The van der Waals surface area contributed by atoms with Gasteiger partial charge in [0.05, 0.1) is 5.69 Å². The van der Waals surface area contributed by atoms with E-state index in [0.717, 1.165) is 54.5 Å². The first-order valence-corrected chi connectivity index (χ1v) is 9.85. The molecule has 1 amide bonds. The third kappa shape index (κ3) is 4.43. The molecular weight excluding hydrogens is 362 g/mol. The van der Waals surface area contributed by atoms with E-state index < -0.39 is 0 Å².